The number of halogens is 2. The van der Waals surface area contributed by atoms with Crippen LogP contribution in [0.15, 0.2) is 30.7 Å². The Labute approximate surface area is 160 Å². The van der Waals surface area contributed by atoms with E-state index in [4.69, 9.17) is 27.9 Å². The van der Waals surface area contributed by atoms with Crippen molar-refractivity contribution in [1.82, 2.24) is 19.4 Å². The van der Waals surface area contributed by atoms with Crippen molar-refractivity contribution in [2.75, 3.05) is 13.7 Å². The highest BCUT2D eigenvalue weighted by Crippen LogP contribution is 2.39. The van der Waals surface area contributed by atoms with Crippen LogP contribution >= 0.6 is 23.2 Å². The molecule has 0 radical (unpaired) electrons. The van der Waals surface area contributed by atoms with Gasteiger partial charge in [-0.1, -0.05) is 29.3 Å². The molecule has 0 aliphatic carbocycles. The molecule has 2 aromatic heterocycles. The number of aromatic nitrogens is 3. The third-order valence-electron chi connectivity index (χ3n) is 4.76. The first-order valence-corrected chi connectivity index (χ1v) is 8.90. The minimum atomic E-state index is -0.208. The number of rotatable bonds is 2. The Morgan fingerprint density at radius 1 is 1.19 bits per heavy atom. The number of hydrogen-bond donors (Lipinski definition) is 0. The average molecular weight is 391 g/mol. The lowest BCUT2D eigenvalue weighted by molar-refractivity contribution is 0.0633. The van der Waals surface area contributed by atoms with Crippen molar-refractivity contribution in [1.29, 1.82) is 0 Å². The summed E-state index contributed by atoms with van der Waals surface area (Å²) in [4.78, 5) is 22.9. The second-order valence-electron chi connectivity index (χ2n) is 6.15. The fourth-order valence-corrected chi connectivity index (χ4v) is 3.82. The van der Waals surface area contributed by atoms with Crippen molar-refractivity contribution in [3.05, 3.63) is 52.3 Å². The molecule has 1 atom stereocenters. The second kappa shape index (κ2) is 6.45. The molecule has 0 unspecified atom stereocenters. The molecular weight excluding hydrogens is 375 g/mol. The Kier molecular flexibility index (Phi) is 4.25. The zero-order valence-electron chi connectivity index (χ0n) is 14.2. The molecule has 6 nitrogen and oxygen atoms in total. The van der Waals surface area contributed by atoms with Crippen molar-refractivity contribution >= 4 is 39.9 Å². The molecule has 1 aliphatic heterocycles. The van der Waals surface area contributed by atoms with Crippen LogP contribution in [0.5, 0.6) is 5.75 Å². The van der Waals surface area contributed by atoms with E-state index in [1.165, 1.54) is 19.5 Å². The Balaban J connectivity index is 1.72. The van der Waals surface area contributed by atoms with Gasteiger partial charge in [0, 0.05) is 35.8 Å². The minimum absolute atomic E-state index is 0.142. The molecule has 3 heterocycles. The minimum Gasteiger partial charge on any atom is -0.494 e. The molecule has 0 bridgehead atoms. The number of methoxy groups -OCH3 is 1. The van der Waals surface area contributed by atoms with Crippen LogP contribution in [0.2, 0.25) is 10.0 Å². The number of nitrogens with zero attached hydrogens (tertiary/aromatic N) is 4. The third kappa shape index (κ3) is 2.61. The molecule has 1 aliphatic rings. The normalized spacial score (nSPS) is 16.6. The second-order valence-corrected chi connectivity index (χ2v) is 6.94. The van der Waals surface area contributed by atoms with E-state index in [-0.39, 0.29) is 17.8 Å². The quantitative estimate of drug-likeness (QED) is 0.664. The summed E-state index contributed by atoms with van der Waals surface area (Å²) in [5.41, 5.74) is 1.03. The fourth-order valence-electron chi connectivity index (χ4n) is 3.44. The van der Waals surface area contributed by atoms with Gasteiger partial charge in [-0.05, 0) is 13.0 Å². The van der Waals surface area contributed by atoms with E-state index in [9.17, 15) is 4.79 Å². The monoisotopic (exact) mass is 390 g/mol. The molecule has 0 spiro atoms. The van der Waals surface area contributed by atoms with Gasteiger partial charge >= 0.3 is 0 Å². The molecule has 4 rings (SSSR count). The van der Waals surface area contributed by atoms with Crippen LogP contribution in [0.4, 0.5) is 0 Å². The van der Waals surface area contributed by atoms with Gasteiger partial charge in [0.15, 0.2) is 5.75 Å². The van der Waals surface area contributed by atoms with E-state index in [2.05, 4.69) is 14.5 Å². The van der Waals surface area contributed by atoms with Crippen LogP contribution < -0.4 is 4.74 Å². The first kappa shape index (κ1) is 17.1. The molecule has 0 saturated carbocycles. The highest BCUT2D eigenvalue weighted by molar-refractivity contribution is 6.45. The summed E-state index contributed by atoms with van der Waals surface area (Å²) in [5.74, 6) is 0.462. The van der Waals surface area contributed by atoms with Crippen LogP contribution in [0.25, 0.3) is 10.8 Å². The van der Waals surface area contributed by atoms with Gasteiger partial charge in [0.05, 0.1) is 35.6 Å². The fraction of sp³-hybridized carbons (Fsp3) is 0.278. The first-order valence-electron chi connectivity index (χ1n) is 8.15. The van der Waals surface area contributed by atoms with E-state index >= 15 is 0 Å². The molecule has 134 valence electrons. The smallest absolute Gasteiger partial charge is 0.292 e. The van der Waals surface area contributed by atoms with Crippen molar-refractivity contribution < 1.29 is 9.53 Å². The maximum Gasteiger partial charge on any atom is 0.292 e. The first-order chi connectivity index (χ1) is 12.5. The largest absolute Gasteiger partial charge is 0.494 e. The number of hydrogen-bond acceptors (Lipinski definition) is 4. The van der Waals surface area contributed by atoms with E-state index in [1.54, 1.807) is 11.0 Å². The average Bonchev–Trinajstić information content (AvgIpc) is 3.05. The van der Waals surface area contributed by atoms with Gasteiger partial charge in [-0.2, -0.15) is 0 Å². The zero-order valence-corrected chi connectivity index (χ0v) is 15.8. The molecule has 1 amide bonds. The van der Waals surface area contributed by atoms with Crippen molar-refractivity contribution in [2.45, 2.75) is 19.5 Å². The molecule has 26 heavy (non-hydrogen) atoms. The molecule has 0 N–H and O–H groups in total. The van der Waals surface area contributed by atoms with Crippen molar-refractivity contribution in [3.63, 3.8) is 0 Å². The van der Waals surface area contributed by atoms with E-state index in [0.29, 0.717) is 28.9 Å². The van der Waals surface area contributed by atoms with Gasteiger partial charge in [-0.15, -0.1) is 0 Å². The summed E-state index contributed by atoms with van der Waals surface area (Å²) in [6.07, 6.45) is 4.99. The lowest BCUT2D eigenvalue weighted by Gasteiger charge is -2.34. The third-order valence-corrected chi connectivity index (χ3v) is 5.58. The van der Waals surface area contributed by atoms with Gasteiger partial charge in [0.2, 0.25) is 5.82 Å². The molecule has 3 aromatic rings. The maximum atomic E-state index is 12.9. The zero-order chi connectivity index (χ0) is 18.4. The van der Waals surface area contributed by atoms with Gasteiger partial charge in [0.1, 0.15) is 0 Å². The van der Waals surface area contributed by atoms with Crippen LogP contribution in [0.1, 0.15) is 29.3 Å². The summed E-state index contributed by atoms with van der Waals surface area (Å²) in [6.45, 7) is 3.23. The summed E-state index contributed by atoms with van der Waals surface area (Å²) in [6, 6.07) is 3.59. The van der Waals surface area contributed by atoms with E-state index in [1.807, 2.05) is 19.2 Å². The van der Waals surface area contributed by atoms with Gasteiger partial charge in [0.25, 0.3) is 5.91 Å². The summed E-state index contributed by atoms with van der Waals surface area (Å²) < 4.78 is 7.18. The summed E-state index contributed by atoms with van der Waals surface area (Å²) >= 11 is 12.5. The molecule has 0 fully saturated rings. The topological polar surface area (TPSA) is 60.2 Å². The van der Waals surface area contributed by atoms with E-state index < -0.39 is 0 Å². The van der Waals surface area contributed by atoms with Gasteiger partial charge < -0.3 is 14.2 Å². The number of amides is 1. The molecule has 1 aromatic carbocycles. The Morgan fingerprint density at radius 2 is 1.92 bits per heavy atom. The lowest BCUT2D eigenvalue weighted by Crippen LogP contribution is -2.41. The van der Waals surface area contributed by atoms with Crippen LogP contribution in [0.3, 0.4) is 0 Å². The molecule has 0 saturated heterocycles. The SMILES string of the molecule is COc1cnc(C(=O)N2CCn3cc4c(Cl)c(Cl)ccc4c3[C@H]2C)nc1. The summed E-state index contributed by atoms with van der Waals surface area (Å²) in [7, 11) is 1.53. The van der Waals surface area contributed by atoms with Crippen LogP contribution in [0, 0.1) is 0 Å². The Bertz CT molecular complexity index is 1000. The molecule has 8 heteroatoms. The van der Waals surface area contributed by atoms with Crippen LogP contribution in [-0.2, 0) is 6.54 Å². The Morgan fingerprint density at radius 3 is 2.62 bits per heavy atom. The lowest BCUT2D eigenvalue weighted by atomic mass is 10.1. The molecular formula is C18H16Cl2N4O2. The van der Waals surface area contributed by atoms with E-state index in [0.717, 1.165) is 16.5 Å². The predicted octanol–water partition coefficient (Wildman–Crippen LogP) is 3.96. The Hall–Kier alpha value is -2.31. The van der Waals surface area contributed by atoms with Gasteiger partial charge in [-0.25, -0.2) is 9.97 Å². The number of carbonyl (C=O) groups is 1. The highest BCUT2D eigenvalue weighted by atomic mass is 35.5. The standard InChI is InChI=1S/C18H16Cl2N4O2/c1-10-16-12-3-4-14(19)15(20)13(12)9-23(16)5-6-24(10)18(25)17-21-7-11(26-2)8-22-17/h3-4,7-10H,5-6H2,1-2H3/t10-/m1/s1. The number of benzene rings is 1. The number of fused-ring (bicyclic) bond motifs is 3. The van der Waals surface area contributed by atoms with Crippen molar-refractivity contribution in [2.24, 2.45) is 0 Å². The number of carbonyl (C=O) groups excluding carboxylic acids is 1. The number of ether oxygens (including phenoxy) is 1. The highest BCUT2D eigenvalue weighted by Gasteiger charge is 2.32. The summed E-state index contributed by atoms with van der Waals surface area (Å²) in [5, 5.41) is 2.96. The van der Waals surface area contributed by atoms with Gasteiger partial charge in [-0.3, -0.25) is 4.79 Å². The predicted molar refractivity (Wildman–Crippen MR) is 100.0 cm³/mol. The maximum absolute atomic E-state index is 12.9. The van der Waals surface area contributed by atoms with Crippen molar-refractivity contribution in [3.8, 4) is 5.75 Å². The van der Waals surface area contributed by atoms with Crippen LogP contribution in [-0.4, -0.2) is 39.0 Å².